The smallest absolute Gasteiger partial charge is 0.0236 e. The van der Waals surface area contributed by atoms with Crippen LogP contribution >= 0.6 is 0 Å². The third kappa shape index (κ3) is 2.93. The van der Waals surface area contributed by atoms with Gasteiger partial charge in [-0.3, -0.25) is 4.90 Å². The maximum atomic E-state index is 6.20. The minimum atomic E-state index is 0.236. The van der Waals surface area contributed by atoms with Gasteiger partial charge in [0.05, 0.1) is 0 Å². The van der Waals surface area contributed by atoms with Gasteiger partial charge in [0.2, 0.25) is 0 Å². The van der Waals surface area contributed by atoms with Crippen LogP contribution in [0, 0.1) is 5.41 Å². The van der Waals surface area contributed by atoms with Gasteiger partial charge in [-0.05, 0) is 29.4 Å². The number of nitrogens with zero attached hydrogens (tertiary/aromatic N) is 1. The lowest BCUT2D eigenvalue weighted by Gasteiger charge is -2.42. The topological polar surface area (TPSA) is 29.3 Å². The zero-order valence-corrected chi connectivity index (χ0v) is 11.9. The van der Waals surface area contributed by atoms with Gasteiger partial charge in [-0.15, -0.1) is 0 Å². The quantitative estimate of drug-likeness (QED) is 0.888. The number of benzene rings is 1. The van der Waals surface area contributed by atoms with Crippen LogP contribution in [0.2, 0.25) is 0 Å². The molecular weight excluding hydrogens is 220 g/mol. The molecule has 0 radical (unpaired) electrons. The molecule has 1 saturated heterocycles. The summed E-state index contributed by atoms with van der Waals surface area (Å²) in [4.78, 5) is 2.55. The van der Waals surface area contributed by atoms with E-state index in [4.69, 9.17) is 5.73 Å². The normalized spacial score (nSPS) is 24.1. The van der Waals surface area contributed by atoms with Crippen molar-refractivity contribution >= 4 is 0 Å². The number of hydrogen-bond acceptors (Lipinski definition) is 2. The molecule has 2 heteroatoms. The van der Waals surface area contributed by atoms with Crippen molar-refractivity contribution < 1.29 is 0 Å². The van der Waals surface area contributed by atoms with Gasteiger partial charge in [0.15, 0.2) is 0 Å². The first kappa shape index (κ1) is 13.6. The summed E-state index contributed by atoms with van der Waals surface area (Å²) in [5, 5.41) is 0. The molecule has 1 atom stereocenters. The summed E-state index contributed by atoms with van der Waals surface area (Å²) in [6.07, 6.45) is 2.23. The van der Waals surface area contributed by atoms with Gasteiger partial charge < -0.3 is 5.73 Å². The maximum absolute atomic E-state index is 6.20. The van der Waals surface area contributed by atoms with E-state index < -0.39 is 0 Å². The Kier molecular flexibility index (Phi) is 4.08. The van der Waals surface area contributed by atoms with Gasteiger partial charge in [0.1, 0.15) is 0 Å². The van der Waals surface area contributed by atoms with E-state index in [1.54, 1.807) is 0 Å². The monoisotopic (exact) mass is 246 g/mol. The van der Waals surface area contributed by atoms with Crippen LogP contribution < -0.4 is 5.73 Å². The Labute approximate surface area is 111 Å². The van der Waals surface area contributed by atoms with Crippen molar-refractivity contribution in [2.75, 3.05) is 13.1 Å². The van der Waals surface area contributed by atoms with Crippen molar-refractivity contribution in [3.8, 4) is 0 Å². The molecule has 1 aromatic carbocycles. The van der Waals surface area contributed by atoms with Crippen molar-refractivity contribution in [3.05, 3.63) is 35.4 Å². The van der Waals surface area contributed by atoms with Crippen LogP contribution in [-0.2, 0) is 13.0 Å². The predicted molar refractivity (Wildman–Crippen MR) is 77.5 cm³/mol. The molecule has 0 spiro atoms. The molecule has 100 valence electrons. The van der Waals surface area contributed by atoms with E-state index in [2.05, 4.69) is 49.9 Å². The van der Waals surface area contributed by atoms with Crippen LogP contribution in [0.15, 0.2) is 24.3 Å². The average Bonchev–Trinajstić information content (AvgIpc) is 2.34. The Morgan fingerprint density at radius 2 is 1.94 bits per heavy atom. The number of aryl methyl sites for hydroxylation is 1. The average molecular weight is 246 g/mol. The van der Waals surface area contributed by atoms with Crippen LogP contribution in [0.5, 0.6) is 0 Å². The first-order chi connectivity index (χ1) is 8.53. The molecule has 0 aliphatic carbocycles. The van der Waals surface area contributed by atoms with Crippen LogP contribution in [0.3, 0.4) is 0 Å². The number of likely N-dealkylation sites (tertiary alicyclic amines) is 1. The molecule has 1 unspecified atom stereocenters. The molecule has 2 N–H and O–H groups in total. The summed E-state index contributed by atoms with van der Waals surface area (Å²) < 4.78 is 0. The van der Waals surface area contributed by atoms with Crippen molar-refractivity contribution in [1.82, 2.24) is 4.90 Å². The molecule has 1 fully saturated rings. The summed E-state index contributed by atoms with van der Waals surface area (Å²) in [6.45, 7) is 10.1. The Bertz CT molecular complexity index is 398. The predicted octanol–water partition coefficient (Wildman–Crippen LogP) is 2.81. The van der Waals surface area contributed by atoms with E-state index in [9.17, 15) is 0 Å². The summed E-state index contributed by atoms with van der Waals surface area (Å²) in [5.41, 5.74) is 9.39. The molecule has 2 nitrogen and oxygen atoms in total. The molecular formula is C16H26N2. The van der Waals surface area contributed by atoms with Crippen molar-refractivity contribution in [3.63, 3.8) is 0 Å². The summed E-state index contributed by atoms with van der Waals surface area (Å²) in [6, 6.07) is 9.14. The lowest BCUT2D eigenvalue weighted by Crippen LogP contribution is -2.52. The highest BCUT2D eigenvalue weighted by Crippen LogP contribution is 2.28. The Morgan fingerprint density at radius 3 is 2.56 bits per heavy atom. The molecule has 2 rings (SSSR count). The van der Waals surface area contributed by atoms with E-state index in [0.717, 1.165) is 32.5 Å². The lowest BCUT2D eigenvalue weighted by molar-refractivity contribution is 0.0897. The first-order valence-corrected chi connectivity index (χ1v) is 7.07. The van der Waals surface area contributed by atoms with Crippen LogP contribution in [0.1, 0.15) is 38.3 Å². The van der Waals surface area contributed by atoms with E-state index >= 15 is 0 Å². The van der Waals surface area contributed by atoms with Gasteiger partial charge in [-0.2, -0.15) is 0 Å². The Morgan fingerprint density at radius 1 is 1.28 bits per heavy atom. The fraction of sp³-hybridized carbons (Fsp3) is 0.625. The zero-order valence-electron chi connectivity index (χ0n) is 11.9. The summed E-state index contributed by atoms with van der Waals surface area (Å²) in [5.74, 6) is 0. The molecule has 0 aromatic heterocycles. The standard InChI is InChI=1S/C16H26N2/c1-4-13-7-5-6-8-14(13)11-18-10-9-15(17)16(2,3)12-18/h5-8,15H,4,9-12,17H2,1-3H3. The number of hydrogen-bond donors (Lipinski definition) is 1. The van der Waals surface area contributed by atoms with E-state index in [0.29, 0.717) is 6.04 Å². The van der Waals surface area contributed by atoms with Crippen molar-refractivity contribution in [2.24, 2.45) is 11.1 Å². The second-order valence-electron chi connectivity index (χ2n) is 6.22. The highest BCUT2D eigenvalue weighted by molar-refractivity contribution is 5.27. The zero-order chi connectivity index (χ0) is 13.2. The number of nitrogens with two attached hydrogens (primary N) is 1. The summed E-state index contributed by atoms with van der Waals surface area (Å²) >= 11 is 0. The Hall–Kier alpha value is -0.860. The molecule has 1 aromatic rings. The van der Waals surface area contributed by atoms with E-state index in [-0.39, 0.29) is 5.41 Å². The molecule has 1 heterocycles. The molecule has 1 aliphatic heterocycles. The molecule has 0 saturated carbocycles. The lowest BCUT2D eigenvalue weighted by atomic mass is 9.79. The second kappa shape index (κ2) is 5.41. The van der Waals surface area contributed by atoms with Crippen LogP contribution in [-0.4, -0.2) is 24.0 Å². The first-order valence-electron chi connectivity index (χ1n) is 7.07. The van der Waals surface area contributed by atoms with Crippen LogP contribution in [0.25, 0.3) is 0 Å². The van der Waals surface area contributed by atoms with Gasteiger partial charge >= 0.3 is 0 Å². The fourth-order valence-electron chi connectivity index (χ4n) is 2.92. The van der Waals surface area contributed by atoms with Crippen molar-refractivity contribution in [1.29, 1.82) is 0 Å². The van der Waals surface area contributed by atoms with Gasteiger partial charge in [-0.25, -0.2) is 0 Å². The van der Waals surface area contributed by atoms with E-state index in [1.807, 2.05) is 0 Å². The molecule has 0 amide bonds. The van der Waals surface area contributed by atoms with Crippen molar-refractivity contribution in [2.45, 2.75) is 46.2 Å². The van der Waals surface area contributed by atoms with Gasteiger partial charge in [0, 0.05) is 25.7 Å². The van der Waals surface area contributed by atoms with Gasteiger partial charge in [0.25, 0.3) is 0 Å². The minimum Gasteiger partial charge on any atom is -0.327 e. The fourth-order valence-corrected chi connectivity index (χ4v) is 2.92. The third-order valence-corrected chi connectivity index (χ3v) is 4.28. The molecule has 1 aliphatic rings. The maximum Gasteiger partial charge on any atom is 0.0236 e. The molecule has 0 bridgehead atoms. The SMILES string of the molecule is CCc1ccccc1CN1CCC(N)C(C)(C)C1. The third-order valence-electron chi connectivity index (χ3n) is 4.28. The Balaban J connectivity index is 2.06. The summed E-state index contributed by atoms with van der Waals surface area (Å²) in [7, 11) is 0. The minimum absolute atomic E-state index is 0.236. The highest BCUT2D eigenvalue weighted by atomic mass is 15.1. The van der Waals surface area contributed by atoms with Crippen LogP contribution in [0.4, 0.5) is 0 Å². The van der Waals surface area contributed by atoms with Gasteiger partial charge in [-0.1, -0.05) is 45.0 Å². The second-order valence-corrected chi connectivity index (χ2v) is 6.22. The largest absolute Gasteiger partial charge is 0.327 e. The number of piperidine rings is 1. The van der Waals surface area contributed by atoms with E-state index in [1.165, 1.54) is 11.1 Å². The molecule has 18 heavy (non-hydrogen) atoms. The highest BCUT2D eigenvalue weighted by Gasteiger charge is 2.33. The number of rotatable bonds is 3.